The van der Waals surface area contributed by atoms with Crippen molar-refractivity contribution >= 4 is 17.8 Å². The molecule has 0 aromatic heterocycles. The number of phenolic OH excluding ortho intramolecular Hbond substituents is 1. The van der Waals surface area contributed by atoms with Gasteiger partial charge in [-0.05, 0) is 35.4 Å². The number of ether oxygens (including phenoxy) is 3. The first-order valence-corrected chi connectivity index (χ1v) is 6.79. The van der Waals surface area contributed by atoms with Crippen LogP contribution in [0.4, 0.5) is 5.69 Å². The van der Waals surface area contributed by atoms with Crippen LogP contribution in [0.15, 0.2) is 30.3 Å². The molecule has 0 spiro atoms. The SMILES string of the molecule is COc1cc(/C=C\c2ccc([N+]#N)c(O)c2)cc(OC)c1OC. The van der Waals surface area contributed by atoms with E-state index in [1.165, 1.54) is 12.1 Å². The van der Waals surface area contributed by atoms with E-state index in [1.54, 1.807) is 27.4 Å². The summed E-state index contributed by atoms with van der Waals surface area (Å²) in [5, 5.41) is 18.4. The van der Waals surface area contributed by atoms with Crippen LogP contribution in [0.3, 0.4) is 0 Å². The van der Waals surface area contributed by atoms with Gasteiger partial charge >= 0.3 is 5.69 Å². The molecular weight excluding hydrogens is 296 g/mol. The lowest BCUT2D eigenvalue weighted by Crippen LogP contribution is -1.95. The van der Waals surface area contributed by atoms with Crippen molar-refractivity contribution in [2.24, 2.45) is 0 Å². The van der Waals surface area contributed by atoms with Gasteiger partial charge in [0, 0.05) is 6.07 Å². The number of nitrogens with zero attached hydrogens (tertiary/aromatic N) is 2. The van der Waals surface area contributed by atoms with Gasteiger partial charge in [0.1, 0.15) is 0 Å². The van der Waals surface area contributed by atoms with Crippen molar-refractivity contribution in [3.63, 3.8) is 0 Å². The largest absolute Gasteiger partial charge is 0.501 e. The number of rotatable bonds is 5. The number of phenols is 1. The van der Waals surface area contributed by atoms with Crippen molar-refractivity contribution in [3.05, 3.63) is 46.4 Å². The quantitative estimate of drug-likeness (QED) is 0.665. The van der Waals surface area contributed by atoms with Gasteiger partial charge in [0.25, 0.3) is 0 Å². The molecule has 0 aliphatic heterocycles. The highest BCUT2D eigenvalue weighted by Gasteiger charge is 2.13. The number of methoxy groups -OCH3 is 3. The highest BCUT2D eigenvalue weighted by Crippen LogP contribution is 2.38. The summed E-state index contributed by atoms with van der Waals surface area (Å²) in [6.45, 7) is 0. The molecule has 0 radical (unpaired) electrons. The molecule has 118 valence electrons. The maximum Gasteiger partial charge on any atom is 0.426 e. The normalized spacial score (nSPS) is 10.3. The van der Waals surface area contributed by atoms with Gasteiger partial charge in [0.05, 0.1) is 21.3 Å². The standard InChI is InChI=1S/C17H16N2O4/c1-21-15-9-12(10-16(22-2)17(15)23-3)5-4-11-6-7-13(19-18)14(20)8-11/h4-10H,1-3H3/p+1/b5-4-. The first-order chi connectivity index (χ1) is 11.1. The fraction of sp³-hybridized carbons (Fsp3) is 0.176. The van der Waals surface area contributed by atoms with Gasteiger partial charge in [-0.25, -0.2) is 0 Å². The molecule has 2 rings (SSSR count). The van der Waals surface area contributed by atoms with Gasteiger partial charge < -0.3 is 19.3 Å². The Labute approximate surface area is 134 Å². The minimum absolute atomic E-state index is 0.0976. The van der Waals surface area contributed by atoms with E-state index in [1.807, 2.05) is 24.3 Å². The zero-order valence-electron chi connectivity index (χ0n) is 13.1. The van der Waals surface area contributed by atoms with Gasteiger partial charge in [0.15, 0.2) is 16.5 Å². The first-order valence-electron chi connectivity index (χ1n) is 6.79. The zero-order valence-corrected chi connectivity index (χ0v) is 13.1. The molecular formula is C17H17N2O4+. The Morgan fingerprint density at radius 1 is 0.913 bits per heavy atom. The van der Waals surface area contributed by atoms with E-state index in [4.69, 9.17) is 19.6 Å². The summed E-state index contributed by atoms with van der Waals surface area (Å²) in [5.74, 6) is 1.55. The van der Waals surface area contributed by atoms with Crippen LogP contribution in [0.1, 0.15) is 11.1 Å². The van der Waals surface area contributed by atoms with Crippen molar-refractivity contribution in [1.29, 1.82) is 5.39 Å². The average Bonchev–Trinajstić information content (AvgIpc) is 2.58. The Hall–Kier alpha value is -3.20. The molecule has 6 heteroatoms. The van der Waals surface area contributed by atoms with Crippen molar-refractivity contribution < 1.29 is 19.3 Å². The zero-order chi connectivity index (χ0) is 16.8. The molecule has 0 aliphatic carbocycles. The third-order valence-electron chi connectivity index (χ3n) is 3.26. The highest BCUT2D eigenvalue weighted by atomic mass is 16.5. The maximum atomic E-state index is 9.68. The Morgan fingerprint density at radius 3 is 2.00 bits per heavy atom. The molecule has 0 fully saturated rings. The van der Waals surface area contributed by atoms with E-state index in [9.17, 15) is 5.11 Å². The fourth-order valence-corrected chi connectivity index (χ4v) is 2.12. The van der Waals surface area contributed by atoms with Crippen LogP contribution in [0.2, 0.25) is 0 Å². The van der Waals surface area contributed by atoms with E-state index < -0.39 is 0 Å². The van der Waals surface area contributed by atoms with Crippen molar-refractivity contribution in [1.82, 2.24) is 0 Å². The highest BCUT2D eigenvalue weighted by molar-refractivity contribution is 5.74. The van der Waals surface area contributed by atoms with E-state index >= 15 is 0 Å². The van der Waals surface area contributed by atoms with Crippen molar-refractivity contribution in [2.45, 2.75) is 0 Å². The smallest absolute Gasteiger partial charge is 0.426 e. The van der Waals surface area contributed by atoms with E-state index in [-0.39, 0.29) is 11.4 Å². The van der Waals surface area contributed by atoms with Crippen LogP contribution in [-0.2, 0) is 0 Å². The van der Waals surface area contributed by atoms with Crippen LogP contribution in [0.5, 0.6) is 23.0 Å². The van der Waals surface area contributed by atoms with Gasteiger partial charge in [-0.1, -0.05) is 12.2 Å². The number of hydrogen-bond donors (Lipinski definition) is 1. The fourth-order valence-electron chi connectivity index (χ4n) is 2.12. The van der Waals surface area contributed by atoms with Crippen LogP contribution in [0, 0.1) is 5.39 Å². The van der Waals surface area contributed by atoms with Gasteiger partial charge in [-0.2, -0.15) is 0 Å². The third-order valence-corrected chi connectivity index (χ3v) is 3.26. The number of diazo groups is 1. The van der Waals surface area contributed by atoms with E-state index in [0.717, 1.165) is 11.1 Å². The van der Waals surface area contributed by atoms with Crippen LogP contribution < -0.4 is 14.2 Å². The maximum absolute atomic E-state index is 9.68. The van der Waals surface area contributed by atoms with Gasteiger partial charge in [-0.3, -0.25) is 0 Å². The van der Waals surface area contributed by atoms with Crippen LogP contribution in [0.25, 0.3) is 17.1 Å². The summed E-state index contributed by atoms with van der Waals surface area (Å²) >= 11 is 0. The topological polar surface area (TPSA) is 76.1 Å². The Balaban J connectivity index is 2.36. The number of aromatic hydroxyl groups is 1. The third kappa shape index (κ3) is 3.52. The number of hydrogen-bond acceptors (Lipinski definition) is 5. The Morgan fingerprint density at radius 2 is 1.52 bits per heavy atom. The molecule has 0 unspecified atom stereocenters. The molecule has 0 saturated heterocycles. The second-order valence-electron chi connectivity index (χ2n) is 4.64. The van der Waals surface area contributed by atoms with Crippen molar-refractivity contribution in [3.8, 4) is 23.0 Å². The predicted octanol–water partition coefficient (Wildman–Crippen LogP) is 4.07. The van der Waals surface area contributed by atoms with Gasteiger partial charge in [-0.15, -0.1) is 0 Å². The molecule has 0 saturated carbocycles. The summed E-state index contributed by atoms with van der Waals surface area (Å²) in [4.78, 5) is 2.97. The summed E-state index contributed by atoms with van der Waals surface area (Å²) < 4.78 is 15.9. The predicted molar refractivity (Wildman–Crippen MR) is 87.9 cm³/mol. The second-order valence-corrected chi connectivity index (χ2v) is 4.64. The molecule has 0 amide bonds. The Bertz CT molecular complexity index is 754. The van der Waals surface area contributed by atoms with E-state index in [0.29, 0.717) is 17.2 Å². The van der Waals surface area contributed by atoms with Crippen molar-refractivity contribution in [2.75, 3.05) is 21.3 Å². The molecule has 0 heterocycles. The lowest BCUT2D eigenvalue weighted by Gasteiger charge is -2.12. The summed E-state index contributed by atoms with van der Waals surface area (Å²) in [6.07, 6.45) is 3.65. The van der Waals surface area contributed by atoms with Crippen LogP contribution >= 0.6 is 0 Å². The van der Waals surface area contributed by atoms with Crippen LogP contribution in [-0.4, -0.2) is 26.4 Å². The monoisotopic (exact) mass is 313 g/mol. The van der Waals surface area contributed by atoms with E-state index in [2.05, 4.69) is 4.98 Å². The lowest BCUT2D eigenvalue weighted by molar-refractivity contribution is 0.324. The summed E-state index contributed by atoms with van der Waals surface area (Å²) in [6, 6.07) is 8.38. The molecule has 2 aromatic carbocycles. The Kier molecular flexibility index (Phi) is 5.05. The summed E-state index contributed by atoms with van der Waals surface area (Å²) in [5.41, 5.74) is 1.72. The summed E-state index contributed by atoms with van der Waals surface area (Å²) in [7, 11) is 4.66. The second kappa shape index (κ2) is 7.18. The molecule has 0 aliphatic rings. The molecule has 0 atom stereocenters. The minimum atomic E-state index is -0.0976. The molecule has 0 bridgehead atoms. The molecule has 1 N–H and O–H groups in total. The lowest BCUT2D eigenvalue weighted by atomic mass is 10.1. The first kappa shape index (κ1) is 16.2. The van der Waals surface area contributed by atoms with Gasteiger partial charge in [0.2, 0.25) is 16.9 Å². The molecule has 23 heavy (non-hydrogen) atoms. The molecule has 6 nitrogen and oxygen atoms in total. The average molecular weight is 313 g/mol. The molecule has 2 aromatic rings. The minimum Gasteiger partial charge on any atom is -0.501 e. The number of benzene rings is 2.